The van der Waals surface area contributed by atoms with Crippen LogP contribution >= 0.6 is 0 Å². The van der Waals surface area contributed by atoms with Crippen LogP contribution in [0.4, 0.5) is 5.95 Å². The number of esters is 1. The minimum atomic E-state index is -0.448. The Morgan fingerprint density at radius 2 is 2.07 bits per heavy atom. The molecule has 2 aromatic heterocycles. The lowest BCUT2D eigenvalue weighted by molar-refractivity contribution is -0.121. The number of benzene rings is 1. The second-order valence-corrected chi connectivity index (χ2v) is 5.49. The van der Waals surface area contributed by atoms with Crippen LogP contribution in [0.2, 0.25) is 0 Å². The van der Waals surface area contributed by atoms with Crippen LogP contribution in [0.1, 0.15) is 23.0 Å². The molecule has 0 fully saturated rings. The number of nitrogens with one attached hydrogen (secondary N) is 1. The van der Waals surface area contributed by atoms with Gasteiger partial charge in [-0.3, -0.25) is 4.79 Å². The first kappa shape index (κ1) is 18.8. The average Bonchev–Trinajstić information content (AvgIpc) is 3.32. The molecule has 2 heterocycles. The Morgan fingerprint density at radius 3 is 2.75 bits per heavy atom. The molecule has 144 valence electrons. The first-order chi connectivity index (χ1) is 13.6. The largest absolute Gasteiger partial charge is 0.462 e. The van der Waals surface area contributed by atoms with Gasteiger partial charge < -0.3 is 14.9 Å². The van der Waals surface area contributed by atoms with E-state index >= 15 is 0 Å². The number of aromatic nitrogens is 4. The maximum absolute atomic E-state index is 11.7. The van der Waals surface area contributed by atoms with E-state index in [1.54, 1.807) is 43.3 Å². The summed E-state index contributed by atoms with van der Waals surface area (Å²) in [5.41, 5.74) is 9.05. The topological polar surface area (TPSA) is 151 Å². The maximum atomic E-state index is 11.7. The number of tetrazole rings is 1. The van der Waals surface area contributed by atoms with Crippen molar-refractivity contribution in [3.63, 3.8) is 0 Å². The number of furan rings is 1. The van der Waals surface area contributed by atoms with Crippen LogP contribution in [-0.2, 0) is 16.1 Å². The fraction of sp³-hybridized carbons (Fsp3) is 0.176. The van der Waals surface area contributed by atoms with E-state index in [-0.39, 0.29) is 18.5 Å². The second kappa shape index (κ2) is 8.58. The van der Waals surface area contributed by atoms with Crippen molar-refractivity contribution < 1.29 is 18.7 Å². The molecule has 0 spiro atoms. The third-order valence-electron chi connectivity index (χ3n) is 3.54. The van der Waals surface area contributed by atoms with Gasteiger partial charge in [-0.1, -0.05) is 17.2 Å². The number of nitrogens with two attached hydrogens (primary N) is 1. The summed E-state index contributed by atoms with van der Waals surface area (Å²) in [5.74, 6) is 0.234. The fourth-order valence-corrected chi connectivity index (χ4v) is 2.23. The number of hydrogen-bond acceptors (Lipinski definition) is 9. The van der Waals surface area contributed by atoms with E-state index in [4.69, 9.17) is 14.9 Å². The molecule has 3 N–H and O–H groups in total. The van der Waals surface area contributed by atoms with E-state index in [0.717, 1.165) is 10.2 Å². The lowest BCUT2D eigenvalue weighted by Crippen LogP contribution is -2.24. The lowest BCUT2D eigenvalue weighted by Gasteiger charge is -2.02. The Bertz CT molecular complexity index is 991. The van der Waals surface area contributed by atoms with Crippen molar-refractivity contribution in [3.05, 3.63) is 47.7 Å². The molecule has 0 saturated heterocycles. The molecule has 0 saturated carbocycles. The number of nitrogen functional groups attached to an aromatic ring is 1. The zero-order chi connectivity index (χ0) is 19.9. The Morgan fingerprint density at radius 1 is 1.29 bits per heavy atom. The highest BCUT2D eigenvalue weighted by atomic mass is 16.5. The maximum Gasteiger partial charge on any atom is 0.338 e. The molecule has 1 amide bonds. The number of rotatable bonds is 7. The van der Waals surface area contributed by atoms with Gasteiger partial charge in [0.15, 0.2) is 0 Å². The van der Waals surface area contributed by atoms with Crippen molar-refractivity contribution in [3.8, 4) is 11.3 Å². The van der Waals surface area contributed by atoms with E-state index in [0.29, 0.717) is 23.7 Å². The van der Waals surface area contributed by atoms with Crippen molar-refractivity contribution in [2.24, 2.45) is 5.10 Å². The summed E-state index contributed by atoms with van der Waals surface area (Å²) in [7, 11) is 0. The van der Waals surface area contributed by atoms with Crippen LogP contribution in [-0.4, -0.2) is 44.9 Å². The van der Waals surface area contributed by atoms with Crippen LogP contribution in [0, 0.1) is 0 Å². The summed E-state index contributed by atoms with van der Waals surface area (Å²) in [6.45, 7) is 1.91. The van der Waals surface area contributed by atoms with Gasteiger partial charge in [0.25, 0.3) is 5.91 Å². The number of nitrogens with zero attached hydrogens (tertiary/aromatic N) is 5. The van der Waals surface area contributed by atoms with Gasteiger partial charge in [-0.25, -0.2) is 14.9 Å². The molecule has 1 aromatic carbocycles. The molecular formula is C17H17N7O4. The van der Waals surface area contributed by atoms with Gasteiger partial charge in [0, 0.05) is 5.56 Å². The summed E-state index contributed by atoms with van der Waals surface area (Å²) in [4.78, 5) is 23.4. The summed E-state index contributed by atoms with van der Waals surface area (Å²) in [6.07, 6.45) is 1.36. The Labute approximate surface area is 159 Å². The van der Waals surface area contributed by atoms with Crippen LogP contribution in [0.5, 0.6) is 0 Å². The first-order valence-electron chi connectivity index (χ1n) is 8.27. The van der Waals surface area contributed by atoms with Gasteiger partial charge in [-0.15, -0.1) is 0 Å². The van der Waals surface area contributed by atoms with Crippen molar-refractivity contribution in [1.82, 2.24) is 25.6 Å². The highest BCUT2D eigenvalue weighted by Crippen LogP contribution is 2.22. The number of carbonyl (C=O) groups is 2. The van der Waals surface area contributed by atoms with Crippen LogP contribution < -0.4 is 11.2 Å². The predicted molar refractivity (Wildman–Crippen MR) is 98.1 cm³/mol. The van der Waals surface area contributed by atoms with Gasteiger partial charge in [-0.2, -0.15) is 5.10 Å². The molecule has 0 aliphatic carbocycles. The number of anilines is 1. The molecular weight excluding hydrogens is 366 g/mol. The van der Waals surface area contributed by atoms with Gasteiger partial charge in [0.2, 0.25) is 5.95 Å². The molecule has 11 nitrogen and oxygen atoms in total. The second-order valence-electron chi connectivity index (χ2n) is 5.49. The standard InChI is InChI=1S/C17H17N7O4/c1-2-27-16(26)12-5-3-11(4-6-12)14-8-7-13(28-14)9-19-20-15(25)10-24-17(18)21-22-23-24/h3-9H,2,10H2,1H3,(H,20,25)(H2,18,21,23)/b19-9+. The number of carbonyl (C=O) groups excluding carboxylic acids is 2. The number of ether oxygens (including phenoxy) is 1. The normalized spacial score (nSPS) is 10.9. The van der Waals surface area contributed by atoms with Crippen LogP contribution in [0.15, 0.2) is 45.9 Å². The zero-order valence-corrected chi connectivity index (χ0v) is 14.9. The molecule has 0 aliphatic rings. The third kappa shape index (κ3) is 4.58. The minimum absolute atomic E-state index is 0.0313. The van der Waals surface area contributed by atoms with Crippen molar-refractivity contribution in [2.75, 3.05) is 12.3 Å². The molecule has 0 unspecified atom stereocenters. The Hall–Kier alpha value is -4.02. The van der Waals surface area contributed by atoms with Crippen LogP contribution in [0.3, 0.4) is 0 Å². The first-order valence-corrected chi connectivity index (χ1v) is 8.27. The monoisotopic (exact) mass is 383 g/mol. The van der Waals surface area contributed by atoms with Crippen LogP contribution in [0.25, 0.3) is 11.3 Å². The van der Waals surface area contributed by atoms with E-state index in [1.165, 1.54) is 6.21 Å². The lowest BCUT2D eigenvalue weighted by atomic mass is 10.1. The average molecular weight is 383 g/mol. The van der Waals surface area contributed by atoms with Crippen molar-refractivity contribution >= 4 is 24.0 Å². The van der Waals surface area contributed by atoms with Gasteiger partial charge in [-0.05, 0) is 41.6 Å². The van der Waals surface area contributed by atoms with Gasteiger partial charge >= 0.3 is 5.97 Å². The van der Waals surface area contributed by atoms with Crippen molar-refractivity contribution in [2.45, 2.75) is 13.5 Å². The number of hydrogen-bond donors (Lipinski definition) is 2. The predicted octanol–water partition coefficient (Wildman–Crippen LogP) is 0.842. The smallest absolute Gasteiger partial charge is 0.338 e. The van der Waals surface area contributed by atoms with Gasteiger partial charge in [0.05, 0.1) is 18.4 Å². The Kier molecular flexibility index (Phi) is 5.75. The summed E-state index contributed by atoms with van der Waals surface area (Å²) >= 11 is 0. The van der Waals surface area contributed by atoms with Gasteiger partial charge in [0.1, 0.15) is 18.1 Å². The molecule has 3 rings (SSSR count). The quantitative estimate of drug-likeness (QED) is 0.346. The van der Waals surface area contributed by atoms with E-state index < -0.39 is 5.91 Å². The minimum Gasteiger partial charge on any atom is -0.462 e. The number of hydrazone groups is 1. The fourth-order valence-electron chi connectivity index (χ4n) is 2.23. The summed E-state index contributed by atoms with van der Waals surface area (Å²) in [6, 6.07) is 10.3. The number of amides is 1. The summed E-state index contributed by atoms with van der Waals surface area (Å²) < 4.78 is 11.7. The molecule has 3 aromatic rings. The molecule has 0 bridgehead atoms. The highest BCUT2D eigenvalue weighted by molar-refractivity contribution is 5.90. The van der Waals surface area contributed by atoms with E-state index in [2.05, 4.69) is 26.1 Å². The SMILES string of the molecule is CCOC(=O)c1ccc(-c2ccc(/C=N/NC(=O)Cn3nnnc3N)o2)cc1. The summed E-state index contributed by atoms with van der Waals surface area (Å²) in [5, 5.41) is 14.2. The molecule has 11 heteroatoms. The third-order valence-corrected chi connectivity index (χ3v) is 3.54. The highest BCUT2D eigenvalue weighted by Gasteiger charge is 2.09. The van der Waals surface area contributed by atoms with E-state index in [1.807, 2.05) is 0 Å². The molecule has 28 heavy (non-hydrogen) atoms. The van der Waals surface area contributed by atoms with E-state index in [9.17, 15) is 9.59 Å². The zero-order valence-electron chi connectivity index (χ0n) is 14.9. The van der Waals surface area contributed by atoms with Crippen molar-refractivity contribution in [1.29, 1.82) is 0 Å². The molecule has 0 atom stereocenters. The molecule has 0 aliphatic heterocycles. The Balaban J connectivity index is 1.57. The molecule has 0 radical (unpaired) electrons.